The van der Waals surface area contributed by atoms with E-state index in [4.69, 9.17) is 0 Å². The summed E-state index contributed by atoms with van der Waals surface area (Å²) in [6.07, 6.45) is 3.71. The minimum Gasteiger partial charge on any atom is -0.356 e. The van der Waals surface area contributed by atoms with E-state index in [1.807, 2.05) is 6.92 Å². The number of sulfonamides is 1. The van der Waals surface area contributed by atoms with E-state index in [0.717, 1.165) is 6.42 Å². The molecule has 0 saturated heterocycles. The van der Waals surface area contributed by atoms with Gasteiger partial charge in [-0.2, -0.15) is 0 Å². The summed E-state index contributed by atoms with van der Waals surface area (Å²) >= 11 is 0. The van der Waals surface area contributed by atoms with Crippen molar-refractivity contribution in [2.75, 3.05) is 39.5 Å². The minimum absolute atomic E-state index is 0.502. The maximum absolute atomic E-state index is 11.3. The van der Waals surface area contributed by atoms with Gasteiger partial charge >= 0.3 is 0 Å². The Morgan fingerprint density at radius 3 is 2.56 bits per heavy atom. The first-order valence-corrected chi connectivity index (χ1v) is 7.81. The molecule has 0 aliphatic heterocycles. The van der Waals surface area contributed by atoms with Gasteiger partial charge in [0.25, 0.3) is 0 Å². The van der Waals surface area contributed by atoms with Crippen LogP contribution in [0.5, 0.6) is 0 Å². The Labute approximate surface area is 110 Å². The summed E-state index contributed by atoms with van der Waals surface area (Å²) in [6, 6.07) is 0. The Kier molecular flexibility index (Phi) is 8.40. The summed E-state index contributed by atoms with van der Waals surface area (Å²) in [5.41, 5.74) is 0. The highest BCUT2D eigenvalue weighted by Gasteiger charge is 2.12. The number of aliphatic imine (C=N–C) groups is 1. The number of rotatable bonds is 8. The summed E-state index contributed by atoms with van der Waals surface area (Å²) in [6.45, 7) is 7.77. The third-order valence-corrected chi connectivity index (χ3v) is 3.71. The molecule has 0 unspecified atom stereocenters. The third-order valence-electron chi connectivity index (χ3n) is 2.34. The van der Waals surface area contributed by atoms with Gasteiger partial charge < -0.3 is 10.6 Å². The second-order valence-electron chi connectivity index (χ2n) is 3.78. The second kappa shape index (κ2) is 8.93. The fourth-order valence-corrected chi connectivity index (χ4v) is 2.34. The molecule has 7 heteroatoms. The van der Waals surface area contributed by atoms with Crippen LogP contribution in [0.25, 0.3) is 0 Å². The van der Waals surface area contributed by atoms with E-state index in [1.54, 1.807) is 13.1 Å². The fraction of sp³-hybridized carbons (Fsp3) is 0.727. The second-order valence-corrected chi connectivity index (χ2v) is 5.76. The van der Waals surface area contributed by atoms with E-state index in [2.05, 4.69) is 22.2 Å². The van der Waals surface area contributed by atoms with Gasteiger partial charge in [-0.05, 0) is 6.42 Å². The van der Waals surface area contributed by atoms with Crippen LogP contribution >= 0.6 is 0 Å². The normalized spacial score (nSPS) is 12.6. The maximum atomic E-state index is 11.3. The van der Waals surface area contributed by atoms with Gasteiger partial charge in [0, 0.05) is 33.2 Å². The molecule has 0 radical (unpaired) electrons. The summed E-state index contributed by atoms with van der Waals surface area (Å²) in [5, 5.41) is 6.15. The molecule has 0 rings (SSSR count). The van der Waals surface area contributed by atoms with Crippen LogP contribution in [0.4, 0.5) is 0 Å². The molecular weight excluding hydrogens is 252 g/mol. The monoisotopic (exact) mass is 276 g/mol. The molecule has 0 bridgehead atoms. The smallest absolute Gasteiger partial charge is 0.211 e. The number of hydrogen-bond acceptors (Lipinski definition) is 3. The molecule has 2 N–H and O–H groups in total. The molecule has 0 atom stereocenters. The van der Waals surface area contributed by atoms with Crippen LogP contribution in [0.15, 0.2) is 17.6 Å². The lowest BCUT2D eigenvalue weighted by molar-refractivity contribution is 0.424. The molecule has 106 valence electrons. The Morgan fingerprint density at radius 2 is 2.11 bits per heavy atom. The highest BCUT2D eigenvalue weighted by Crippen LogP contribution is 1.97. The van der Waals surface area contributed by atoms with Gasteiger partial charge in [0.1, 0.15) is 0 Å². The molecule has 0 fully saturated rings. The van der Waals surface area contributed by atoms with E-state index in [-0.39, 0.29) is 0 Å². The summed E-state index contributed by atoms with van der Waals surface area (Å²) in [4.78, 5) is 4.03. The van der Waals surface area contributed by atoms with E-state index in [9.17, 15) is 8.42 Å². The minimum atomic E-state index is -3.09. The molecule has 0 spiro atoms. The molecule has 0 saturated carbocycles. The van der Waals surface area contributed by atoms with Crippen molar-refractivity contribution in [2.45, 2.75) is 13.3 Å². The zero-order valence-electron chi connectivity index (χ0n) is 11.4. The van der Waals surface area contributed by atoms with Crippen molar-refractivity contribution in [1.82, 2.24) is 14.9 Å². The van der Waals surface area contributed by atoms with Crippen LogP contribution in [0, 0.1) is 0 Å². The van der Waals surface area contributed by atoms with Crippen LogP contribution < -0.4 is 10.6 Å². The van der Waals surface area contributed by atoms with Crippen molar-refractivity contribution in [3.8, 4) is 0 Å². The summed E-state index contributed by atoms with van der Waals surface area (Å²) < 4.78 is 24.1. The standard InChI is InChI=1S/C11H24N4O2S/c1-5-8-13-11(12-3)14-9-7-10-15(6-2)18(4,16)17/h5H,1,6-10H2,2-4H3,(H2,12,13,14). The van der Waals surface area contributed by atoms with Gasteiger partial charge in [0.05, 0.1) is 6.26 Å². The first kappa shape index (κ1) is 16.9. The average molecular weight is 276 g/mol. The van der Waals surface area contributed by atoms with Crippen molar-refractivity contribution >= 4 is 16.0 Å². The Hall–Kier alpha value is -1.08. The van der Waals surface area contributed by atoms with Crippen LogP contribution in [0.2, 0.25) is 0 Å². The molecular formula is C11H24N4O2S. The first-order valence-electron chi connectivity index (χ1n) is 5.96. The van der Waals surface area contributed by atoms with Gasteiger partial charge in [-0.25, -0.2) is 12.7 Å². The van der Waals surface area contributed by atoms with Crippen LogP contribution in [0.1, 0.15) is 13.3 Å². The van der Waals surface area contributed by atoms with Gasteiger partial charge in [0.15, 0.2) is 5.96 Å². The van der Waals surface area contributed by atoms with Gasteiger partial charge in [-0.15, -0.1) is 6.58 Å². The lowest BCUT2D eigenvalue weighted by atomic mass is 10.4. The van der Waals surface area contributed by atoms with Crippen molar-refractivity contribution in [3.63, 3.8) is 0 Å². The molecule has 0 aromatic rings. The van der Waals surface area contributed by atoms with Crippen molar-refractivity contribution in [3.05, 3.63) is 12.7 Å². The van der Waals surface area contributed by atoms with Crippen molar-refractivity contribution in [2.24, 2.45) is 4.99 Å². The Morgan fingerprint density at radius 1 is 1.44 bits per heavy atom. The topological polar surface area (TPSA) is 73.8 Å². The van der Waals surface area contributed by atoms with E-state index >= 15 is 0 Å². The Bertz CT molecular complexity index is 365. The quantitative estimate of drug-likeness (QED) is 0.283. The zero-order chi connectivity index (χ0) is 14.0. The fourth-order valence-electron chi connectivity index (χ4n) is 1.41. The molecule has 0 aliphatic carbocycles. The first-order chi connectivity index (χ1) is 8.45. The summed E-state index contributed by atoms with van der Waals surface area (Å²) in [7, 11) is -1.40. The molecule has 0 aromatic heterocycles. The van der Waals surface area contributed by atoms with Crippen LogP contribution in [-0.2, 0) is 10.0 Å². The molecule has 0 heterocycles. The van der Waals surface area contributed by atoms with Crippen LogP contribution in [0.3, 0.4) is 0 Å². The molecule has 0 aromatic carbocycles. The predicted molar refractivity (Wildman–Crippen MR) is 76.3 cm³/mol. The SMILES string of the molecule is C=CCNC(=NC)NCCCN(CC)S(C)(=O)=O. The molecule has 0 aliphatic rings. The number of guanidine groups is 1. The van der Waals surface area contributed by atoms with E-state index in [0.29, 0.717) is 32.1 Å². The number of nitrogens with zero attached hydrogens (tertiary/aromatic N) is 2. The summed E-state index contributed by atoms with van der Waals surface area (Å²) in [5.74, 6) is 0.692. The van der Waals surface area contributed by atoms with Crippen LogP contribution in [-0.4, -0.2) is 58.2 Å². The zero-order valence-corrected chi connectivity index (χ0v) is 12.3. The largest absolute Gasteiger partial charge is 0.356 e. The van der Waals surface area contributed by atoms with Gasteiger partial charge in [-0.1, -0.05) is 13.0 Å². The van der Waals surface area contributed by atoms with Crippen molar-refractivity contribution < 1.29 is 8.42 Å². The van der Waals surface area contributed by atoms with E-state index in [1.165, 1.54) is 10.6 Å². The highest BCUT2D eigenvalue weighted by molar-refractivity contribution is 7.88. The third kappa shape index (κ3) is 7.29. The number of nitrogens with one attached hydrogen (secondary N) is 2. The lowest BCUT2D eigenvalue weighted by Gasteiger charge is -2.18. The average Bonchev–Trinajstić information content (AvgIpc) is 2.31. The van der Waals surface area contributed by atoms with Gasteiger partial charge in [0.2, 0.25) is 10.0 Å². The highest BCUT2D eigenvalue weighted by atomic mass is 32.2. The maximum Gasteiger partial charge on any atom is 0.211 e. The number of hydrogen-bond donors (Lipinski definition) is 2. The molecule has 6 nitrogen and oxygen atoms in total. The molecule has 18 heavy (non-hydrogen) atoms. The lowest BCUT2D eigenvalue weighted by Crippen LogP contribution is -2.39. The van der Waals surface area contributed by atoms with Crippen molar-refractivity contribution in [1.29, 1.82) is 0 Å². The van der Waals surface area contributed by atoms with E-state index < -0.39 is 10.0 Å². The molecule has 0 amide bonds. The van der Waals surface area contributed by atoms with Gasteiger partial charge in [-0.3, -0.25) is 4.99 Å². The Balaban J connectivity index is 3.94. The predicted octanol–water partition coefficient (Wildman–Crippen LogP) is 0.00900.